The van der Waals surface area contributed by atoms with Gasteiger partial charge in [-0.3, -0.25) is 14.9 Å². The molecule has 0 bridgehead atoms. The number of nitrogens with zero attached hydrogens (tertiary/aromatic N) is 2. The Kier molecular flexibility index (Phi) is 5.67. The van der Waals surface area contributed by atoms with Crippen molar-refractivity contribution in [1.29, 1.82) is 0 Å². The first-order valence-electron chi connectivity index (χ1n) is 7.66. The summed E-state index contributed by atoms with van der Waals surface area (Å²) in [6, 6.07) is 8.95. The lowest BCUT2D eigenvalue weighted by Gasteiger charge is -2.33. The molecule has 2 aromatic rings. The van der Waals surface area contributed by atoms with Crippen molar-refractivity contribution in [2.75, 3.05) is 19.7 Å². The van der Waals surface area contributed by atoms with Gasteiger partial charge in [0, 0.05) is 27.7 Å². The Labute approximate surface area is 164 Å². The highest BCUT2D eigenvalue weighted by atomic mass is 35.5. The quantitative estimate of drug-likeness (QED) is 0.535. The van der Waals surface area contributed by atoms with Gasteiger partial charge in [0.2, 0.25) is 0 Å². The summed E-state index contributed by atoms with van der Waals surface area (Å²) < 4.78 is 5.72. The highest BCUT2D eigenvalue weighted by molar-refractivity contribution is 6.34. The minimum atomic E-state index is -0.599. The third-order valence-electron chi connectivity index (χ3n) is 4.00. The number of hydrogen-bond donors (Lipinski definition) is 0. The molecule has 9 heteroatoms. The summed E-state index contributed by atoms with van der Waals surface area (Å²) in [6.07, 6.45) is -0.429. The number of nitro groups is 1. The van der Waals surface area contributed by atoms with Crippen LogP contribution in [-0.2, 0) is 4.74 Å². The molecule has 1 unspecified atom stereocenters. The van der Waals surface area contributed by atoms with Gasteiger partial charge in [0.05, 0.1) is 18.1 Å². The van der Waals surface area contributed by atoms with Gasteiger partial charge in [-0.25, -0.2) is 0 Å². The van der Waals surface area contributed by atoms with E-state index in [0.29, 0.717) is 16.6 Å². The SMILES string of the molecule is O=C(c1cc(Cl)ccc1[N+](=O)[O-])N1CCOC(c2cc(Cl)cc(Cl)c2)C1. The molecule has 26 heavy (non-hydrogen) atoms. The van der Waals surface area contributed by atoms with E-state index in [2.05, 4.69) is 0 Å². The van der Waals surface area contributed by atoms with Crippen LogP contribution in [0.2, 0.25) is 15.1 Å². The number of nitro benzene ring substituents is 1. The van der Waals surface area contributed by atoms with E-state index in [9.17, 15) is 14.9 Å². The molecule has 2 aromatic carbocycles. The molecule has 1 amide bonds. The molecule has 1 fully saturated rings. The standard InChI is InChI=1S/C17H13Cl3N2O4/c18-11-1-2-15(22(24)25)14(8-11)17(23)21-3-4-26-16(9-21)10-5-12(19)7-13(20)6-10/h1-2,5-8,16H,3-4,9H2. The molecule has 1 aliphatic heterocycles. The lowest BCUT2D eigenvalue weighted by atomic mass is 10.1. The summed E-state index contributed by atoms with van der Waals surface area (Å²) in [4.78, 5) is 25.0. The number of rotatable bonds is 3. The van der Waals surface area contributed by atoms with E-state index in [1.54, 1.807) is 18.2 Å². The lowest BCUT2D eigenvalue weighted by Crippen LogP contribution is -2.42. The first kappa shape index (κ1) is 18.9. The van der Waals surface area contributed by atoms with Crippen molar-refractivity contribution >= 4 is 46.4 Å². The fourth-order valence-electron chi connectivity index (χ4n) is 2.81. The number of hydrogen-bond acceptors (Lipinski definition) is 4. The van der Waals surface area contributed by atoms with E-state index in [1.807, 2.05) is 0 Å². The van der Waals surface area contributed by atoms with Crippen molar-refractivity contribution < 1.29 is 14.5 Å². The van der Waals surface area contributed by atoms with Gasteiger partial charge in [-0.05, 0) is 35.9 Å². The number of halogens is 3. The van der Waals surface area contributed by atoms with Crippen LogP contribution in [0, 0.1) is 10.1 Å². The summed E-state index contributed by atoms with van der Waals surface area (Å²) in [5.41, 5.74) is 0.404. The fraction of sp³-hybridized carbons (Fsp3) is 0.235. The average molecular weight is 416 g/mol. The largest absolute Gasteiger partial charge is 0.370 e. The average Bonchev–Trinajstić information content (AvgIpc) is 2.60. The van der Waals surface area contributed by atoms with Gasteiger partial charge in [0.15, 0.2) is 0 Å². The van der Waals surface area contributed by atoms with Gasteiger partial charge in [-0.2, -0.15) is 0 Å². The summed E-state index contributed by atoms with van der Waals surface area (Å²) in [6.45, 7) is 0.821. The van der Waals surface area contributed by atoms with Crippen LogP contribution >= 0.6 is 34.8 Å². The van der Waals surface area contributed by atoms with Crippen molar-refractivity contribution in [3.63, 3.8) is 0 Å². The maximum Gasteiger partial charge on any atom is 0.282 e. The summed E-state index contributed by atoms with van der Waals surface area (Å²) in [7, 11) is 0. The highest BCUT2D eigenvalue weighted by Gasteiger charge is 2.30. The van der Waals surface area contributed by atoms with Crippen LogP contribution < -0.4 is 0 Å². The van der Waals surface area contributed by atoms with Crippen molar-refractivity contribution in [3.05, 3.63) is 72.7 Å². The first-order valence-corrected chi connectivity index (χ1v) is 8.79. The predicted molar refractivity (Wildman–Crippen MR) is 99.2 cm³/mol. The second-order valence-electron chi connectivity index (χ2n) is 5.73. The van der Waals surface area contributed by atoms with Crippen LogP contribution in [0.15, 0.2) is 36.4 Å². The third-order valence-corrected chi connectivity index (χ3v) is 4.67. The van der Waals surface area contributed by atoms with Gasteiger partial charge < -0.3 is 9.64 Å². The Morgan fingerprint density at radius 1 is 1.12 bits per heavy atom. The summed E-state index contributed by atoms with van der Waals surface area (Å²) in [5.74, 6) is -0.472. The molecule has 1 heterocycles. The second-order valence-corrected chi connectivity index (χ2v) is 7.04. The van der Waals surface area contributed by atoms with Crippen LogP contribution in [0.3, 0.4) is 0 Å². The molecule has 0 spiro atoms. The number of amides is 1. The molecule has 1 aliphatic rings. The minimum Gasteiger partial charge on any atom is -0.370 e. The van der Waals surface area contributed by atoms with Crippen LogP contribution in [-0.4, -0.2) is 35.4 Å². The molecule has 0 saturated carbocycles. The zero-order valence-electron chi connectivity index (χ0n) is 13.3. The molecular weight excluding hydrogens is 403 g/mol. The second kappa shape index (κ2) is 7.80. The van der Waals surface area contributed by atoms with E-state index in [1.165, 1.54) is 23.1 Å². The molecule has 0 aliphatic carbocycles. The van der Waals surface area contributed by atoms with Crippen LogP contribution in [0.1, 0.15) is 22.0 Å². The number of ether oxygens (including phenoxy) is 1. The van der Waals surface area contributed by atoms with Crippen molar-refractivity contribution in [2.24, 2.45) is 0 Å². The number of carbonyl (C=O) groups is 1. The van der Waals surface area contributed by atoms with Crippen molar-refractivity contribution in [2.45, 2.75) is 6.10 Å². The zero-order chi connectivity index (χ0) is 18.8. The topological polar surface area (TPSA) is 72.7 Å². The van der Waals surface area contributed by atoms with Crippen molar-refractivity contribution in [3.8, 4) is 0 Å². The maximum absolute atomic E-state index is 12.8. The fourth-order valence-corrected chi connectivity index (χ4v) is 3.52. The Bertz CT molecular complexity index is 855. The minimum absolute atomic E-state index is 0.0488. The molecule has 1 atom stereocenters. The molecule has 136 valence electrons. The maximum atomic E-state index is 12.8. The van der Waals surface area contributed by atoms with Crippen LogP contribution in [0.4, 0.5) is 5.69 Å². The Morgan fingerprint density at radius 3 is 2.46 bits per heavy atom. The number of benzene rings is 2. The van der Waals surface area contributed by atoms with E-state index in [0.717, 1.165) is 5.56 Å². The monoisotopic (exact) mass is 414 g/mol. The van der Waals surface area contributed by atoms with Crippen LogP contribution in [0.5, 0.6) is 0 Å². The molecule has 0 radical (unpaired) electrons. The number of morpholine rings is 1. The molecular formula is C17H13Cl3N2O4. The smallest absolute Gasteiger partial charge is 0.282 e. The molecule has 0 N–H and O–H groups in total. The molecule has 6 nitrogen and oxygen atoms in total. The van der Waals surface area contributed by atoms with E-state index >= 15 is 0 Å². The van der Waals surface area contributed by atoms with Gasteiger partial charge in [-0.15, -0.1) is 0 Å². The van der Waals surface area contributed by atoms with E-state index in [-0.39, 0.29) is 29.4 Å². The normalized spacial score (nSPS) is 17.2. The third kappa shape index (κ3) is 4.10. The van der Waals surface area contributed by atoms with Gasteiger partial charge in [-0.1, -0.05) is 34.8 Å². The predicted octanol–water partition coefficient (Wildman–Crippen LogP) is 4.77. The van der Waals surface area contributed by atoms with Crippen molar-refractivity contribution in [1.82, 2.24) is 4.90 Å². The van der Waals surface area contributed by atoms with E-state index < -0.39 is 16.9 Å². The lowest BCUT2D eigenvalue weighted by molar-refractivity contribution is -0.385. The highest BCUT2D eigenvalue weighted by Crippen LogP contribution is 2.30. The summed E-state index contributed by atoms with van der Waals surface area (Å²) in [5, 5.41) is 12.4. The van der Waals surface area contributed by atoms with Gasteiger partial charge >= 0.3 is 0 Å². The number of carbonyl (C=O) groups excluding carboxylic acids is 1. The molecule has 3 rings (SSSR count). The summed E-state index contributed by atoms with van der Waals surface area (Å²) >= 11 is 18.0. The molecule has 1 saturated heterocycles. The Hall–Kier alpha value is -1.86. The molecule has 0 aromatic heterocycles. The zero-order valence-corrected chi connectivity index (χ0v) is 15.6. The Morgan fingerprint density at radius 2 is 1.81 bits per heavy atom. The van der Waals surface area contributed by atoms with Gasteiger partial charge in [0.1, 0.15) is 11.7 Å². The van der Waals surface area contributed by atoms with Crippen LogP contribution in [0.25, 0.3) is 0 Å². The van der Waals surface area contributed by atoms with Gasteiger partial charge in [0.25, 0.3) is 11.6 Å². The van der Waals surface area contributed by atoms with E-state index in [4.69, 9.17) is 39.5 Å². The Balaban J connectivity index is 1.87. The first-order chi connectivity index (χ1) is 12.3.